The van der Waals surface area contributed by atoms with Gasteiger partial charge in [0.05, 0.1) is 12.6 Å². The van der Waals surface area contributed by atoms with E-state index >= 15 is 0 Å². The Balaban J connectivity index is 1.21. The molecular weight excluding hydrogens is 516 g/mol. The number of aliphatic hydroxyl groups excluding tert-OH is 1. The van der Waals surface area contributed by atoms with Crippen LogP contribution in [0.2, 0.25) is 0 Å². The van der Waals surface area contributed by atoms with Gasteiger partial charge in [-0.3, -0.25) is 4.90 Å². The molecule has 5 aliphatic rings. The Bertz CT molecular complexity index is 1300. The van der Waals surface area contributed by atoms with Gasteiger partial charge in [0.25, 0.3) is 0 Å². The van der Waals surface area contributed by atoms with Crippen LogP contribution in [0.3, 0.4) is 0 Å². The summed E-state index contributed by atoms with van der Waals surface area (Å²) in [6.07, 6.45) is 13.2. The van der Waals surface area contributed by atoms with Gasteiger partial charge < -0.3 is 15.2 Å². The highest BCUT2D eigenvalue weighted by Crippen LogP contribution is 2.56. The van der Waals surface area contributed by atoms with Gasteiger partial charge in [-0.2, -0.15) is 0 Å². The molecule has 42 heavy (non-hydrogen) atoms. The molecular formula is C38H48N2O2. The molecule has 3 aromatic rings. The molecule has 1 aliphatic heterocycles. The molecule has 4 fully saturated rings. The number of hydrogen-bond donors (Lipinski definition) is 2. The van der Waals surface area contributed by atoms with Gasteiger partial charge in [-0.25, -0.2) is 0 Å². The summed E-state index contributed by atoms with van der Waals surface area (Å²) in [4.78, 5) is 2.77. The van der Waals surface area contributed by atoms with Crippen LogP contribution in [0, 0.1) is 17.8 Å². The van der Waals surface area contributed by atoms with Gasteiger partial charge in [0.2, 0.25) is 0 Å². The maximum atomic E-state index is 9.32. The summed E-state index contributed by atoms with van der Waals surface area (Å²) in [6, 6.07) is 27.8. The van der Waals surface area contributed by atoms with Gasteiger partial charge in [-0.05, 0) is 116 Å². The molecule has 8 rings (SSSR count). The zero-order valence-electron chi connectivity index (χ0n) is 25.3. The third-order valence-corrected chi connectivity index (χ3v) is 10.8. The minimum atomic E-state index is 0.0350. The Kier molecular flexibility index (Phi) is 8.03. The molecule has 0 amide bonds. The van der Waals surface area contributed by atoms with Gasteiger partial charge >= 0.3 is 0 Å². The fourth-order valence-corrected chi connectivity index (χ4v) is 9.45. The van der Waals surface area contributed by atoms with E-state index in [-0.39, 0.29) is 12.6 Å². The molecule has 2 N–H and O–H groups in total. The first-order chi connectivity index (χ1) is 20.6. The largest absolute Gasteiger partial charge is 0.491 e. The summed E-state index contributed by atoms with van der Waals surface area (Å²) in [6.45, 7) is 3.61. The van der Waals surface area contributed by atoms with E-state index in [1.54, 1.807) is 0 Å². The number of unbranched alkanes of at least 4 members (excludes halogenated alkanes) is 1. The maximum absolute atomic E-state index is 9.32. The highest BCUT2D eigenvalue weighted by atomic mass is 16.5. The molecule has 0 spiro atoms. The van der Waals surface area contributed by atoms with Crippen molar-refractivity contribution in [3.05, 3.63) is 95.1 Å². The minimum absolute atomic E-state index is 0.0350. The Morgan fingerprint density at radius 1 is 0.905 bits per heavy atom. The van der Waals surface area contributed by atoms with E-state index in [0.717, 1.165) is 36.5 Å². The third-order valence-electron chi connectivity index (χ3n) is 10.8. The van der Waals surface area contributed by atoms with Gasteiger partial charge in [0.15, 0.2) is 0 Å². The molecule has 4 nitrogen and oxygen atoms in total. The van der Waals surface area contributed by atoms with Gasteiger partial charge in [-0.1, -0.05) is 68.3 Å². The molecule has 0 unspecified atom stereocenters. The Labute approximate surface area is 252 Å². The standard InChI is InChI=1S/C38H48N2O2/c1-2-3-9-34-21-32-22-35(42-17-16-41)14-15-36(32)37(40(34)26-27-7-5-4-6-8-27)31-10-12-33(13-11-31)39-38-23-28-18-29(24-38)20-30(19-28)25-38/h4-8,10-15,22,28-30,34,37,39,41H,2-3,9,16-21,23-26H2,1H3/t28?,29?,30?,34-,37-,38?/m0/s1. The molecule has 2 atom stereocenters. The van der Waals surface area contributed by atoms with E-state index in [9.17, 15) is 5.11 Å². The first-order valence-electron chi connectivity index (χ1n) is 16.7. The van der Waals surface area contributed by atoms with Crippen LogP contribution in [0.1, 0.15) is 93.0 Å². The molecule has 222 valence electrons. The number of nitrogens with one attached hydrogen (secondary N) is 1. The summed E-state index contributed by atoms with van der Waals surface area (Å²) in [5, 5.41) is 13.4. The van der Waals surface area contributed by atoms with E-state index in [4.69, 9.17) is 4.74 Å². The lowest BCUT2D eigenvalue weighted by Crippen LogP contribution is -2.54. The highest BCUT2D eigenvalue weighted by Gasteiger charge is 2.51. The first-order valence-corrected chi connectivity index (χ1v) is 16.7. The minimum Gasteiger partial charge on any atom is -0.491 e. The smallest absolute Gasteiger partial charge is 0.119 e. The van der Waals surface area contributed by atoms with Crippen molar-refractivity contribution in [2.45, 2.75) is 95.3 Å². The summed E-state index contributed by atoms with van der Waals surface area (Å²) >= 11 is 0. The average molecular weight is 565 g/mol. The fraction of sp³-hybridized carbons (Fsp3) is 0.526. The molecule has 1 heterocycles. The lowest BCUT2D eigenvalue weighted by molar-refractivity contribution is 0.0107. The molecule has 0 saturated heterocycles. The van der Waals surface area contributed by atoms with Gasteiger partial charge in [0.1, 0.15) is 12.4 Å². The van der Waals surface area contributed by atoms with E-state index in [0.29, 0.717) is 18.2 Å². The number of hydrogen-bond acceptors (Lipinski definition) is 4. The molecule has 4 saturated carbocycles. The number of benzene rings is 3. The molecule has 0 aromatic heterocycles. The quantitative estimate of drug-likeness (QED) is 0.247. The van der Waals surface area contributed by atoms with Crippen LogP contribution >= 0.6 is 0 Å². The van der Waals surface area contributed by atoms with Gasteiger partial charge in [0, 0.05) is 23.8 Å². The predicted molar refractivity (Wildman–Crippen MR) is 171 cm³/mol. The molecule has 3 aromatic carbocycles. The second-order valence-electron chi connectivity index (χ2n) is 13.9. The Hall–Kier alpha value is -2.82. The van der Waals surface area contributed by atoms with E-state index < -0.39 is 0 Å². The fourth-order valence-electron chi connectivity index (χ4n) is 9.45. The van der Waals surface area contributed by atoms with Crippen LogP contribution in [0.5, 0.6) is 5.75 Å². The van der Waals surface area contributed by atoms with Crippen LogP contribution < -0.4 is 10.1 Å². The average Bonchev–Trinajstić information content (AvgIpc) is 2.99. The molecule has 4 bridgehead atoms. The number of ether oxygens (including phenoxy) is 1. The summed E-state index contributed by atoms with van der Waals surface area (Å²) < 4.78 is 5.86. The van der Waals surface area contributed by atoms with Crippen molar-refractivity contribution in [1.29, 1.82) is 0 Å². The van der Waals surface area contributed by atoms with Crippen molar-refractivity contribution >= 4 is 5.69 Å². The van der Waals surface area contributed by atoms with Crippen molar-refractivity contribution in [3.63, 3.8) is 0 Å². The monoisotopic (exact) mass is 564 g/mol. The SMILES string of the molecule is CCCC[C@H]1Cc2cc(OCCO)ccc2[C@H](c2ccc(NC34CC5CC(CC(C5)C3)C4)cc2)N1Cc1ccccc1. The zero-order chi connectivity index (χ0) is 28.5. The van der Waals surface area contributed by atoms with Crippen LogP contribution in [-0.4, -0.2) is 34.8 Å². The van der Waals surface area contributed by atoms with Gasteiger partial charge in [-0.15, -0.1) is 0 Å². The van der Waals surface area contributed by atoms with E-state index in [1.807, 2.05) is 0 Å². The topological polar surface area (TPSA) is 44.7 Å². The van der Waals surface area contributed by atoms with E-state index in [1.165, 1.54) is 85.7 Å². The zero-order valence-corrected chi connectivity index (χ0v) is 25.3. The van der Waals surface area contributed by atoms with Crippen molar-refractivity contribution < 1.29 is 9.84 Å². The van der Waals surface area contributed by atoms with E-state index in [2.05, 4.69) is 89.9 Å². The summed E-state index contributed by atoms with van der Waals surface area (Å²) in [5.74, 6) is 3.70. The second kappa shape index (κ2) is 12.1. The van der Waals surface area contributed by atoms with Crippen LogP contribution in [0.25, 0.3) is 0 Å². The maximum Gasteiger partial charge on any atom is 0.119 e. The first kappa shape index (κ1) is 28.0. The normalized spacial score (nSPS) is 29.8. The second-order valence-corrected chi connectivity index (χ2v) is 13.9. The Morgan fingerprint density at radius 3 is 2.29 bits per heavy atom. The van der Waals surface area contributed by atoms with Crippen LogP contribution in [-0.2, 0) is 13.0 Å². The lowest BCUT2D eigenvalue weighted by Gasteiger charge is -2.57. The predicted octanol–water partition coefficient (Wildman–Crippen LogP) is 8.14. The molecule has 0 radical (unpaired) electrons. The third kappa shape index (κ3) is 5.73. The molecule has 4 aliphatic carbocycles. The van der Waals surface area contributed by atoms with Crippen molar-refractivity contribution in [1.82, 2.24) is 4.90 Å². The number of fused-ring (bicyclic) bond motifs is 1. The van der Waals surface area contributed by atoms with Crippen molar-refractivity contribution in [2.24, 2.45) is 17.8 Å². The summed E-state index contributed by atoms with van der Waals surface area (Å²) in [5.41, 5.74) is 7.13. The van der Waals surface area contributed by atoms with Crippen molar-refractivity contribution in [2.75, 3.05) is 18.5 Å². The highest BCUT2D eigenvalue weighted by molar-refractivity contribution is 5.51. The number of anilines is 1. The lowest BCUT2D eigenvalue weighted by atomic mass is 9.53. The summed E-state index contributed by atoms with van der Waals surface area (Å²) in [7, 11) is 0. The molecule has 4 heteroatoms. The number of rotatable bonds is 11. The van der Waals surface area contributed by atoms with Crippen molar-refractivity contribution in [3.8, 4) is 5.75 Å². The number of nitrogens with zero attached hydrogens (tertiary/aromatic N) is 1. The Morgan fingerprint density at radius 2 is 1.62 bits per heavy atom. The van der Waals surface area contributed by atoms with Crippen LogP contribution in [0.15, 0.2) is 72.8 Å². The van der Waals surface area contributed by atoms with Crippen LogP contribution in [0.4, 0.5) is 5.69 Å². The number of aliphatic hydroxyl groups is 1.